The van der Waals surface area contributed by atoms with Crippen LogP contribution in [0.5, 0.6) is 0 Å². The molecule has 7 heteroatoms. The molecule has 1 aliphatic heterocycles. The van der Waals surface area contributed by atoms with Crippen molar-refractivity contribution in [2.24, 2.45) is 11.8 Å². The summed E-state index contributed by atoms with van der Waals surface area (Å²) in [7, 11) is 1.52. The third-order valence-electron chi connectivity index (χ3n) is 4.12. The number of halogens is 3. The Kier molecular flexibility index (Phi) is 4.30. The molecule has 4 nitrogen and oxygen atoms in total. The third-order valence-corrected chi connectivity index (χ3v) is 4.12. The molecule has 0 spiro atoms. The average Bonchev–Trinajstić information content (AvgIpc) is 2.41. The SMILES string of the molecule is CNc1nc(N2CC(C)CC(C)C2C)cc(C(F)(F)F)n1. The number of aromatic nitrogens is 2. The number of rotatable bonds is 2. The van der Waals surface area contributed by atoms with Crippen LogP contribution in [0.3, 0.4) is 0 Å². The summed E-state index contributed by atoms with van der Waals surface area (Å²) < 4.78 is 38.9. The Morgan fingerprint density at radius 3 is 2.48 bits per heavy atom. The Labute approximate surface area is 122 Å². The molecule has 2 heterocycles. The highest BCUT2D eigenvalue weighted by Gasteiger charge is 2.36. The minimum Gasteiger partial charge on any atom is -0.357 e. The number of alkyl halides is 3. The van der Waals surface area contributed by atoms with Gasteiger partial charge in [0.05, 0.1) is 0 Å². The van der Waals surface area contributed by atoms with Gasteiger partial charge in [-0.15, -0.1) is 0 Å². The molecule has 0 aliphatic carbocycles. The van der Waals surface area contributed by atoms with Gasteiger partial charge in [0.2, 0.25) is 5.95 Å². The lowest BCUT2D eigenvalue weighted by Gasteiger charge is -2.42. The predicted molar refractivity (Wildman–Crippen MR) is 76.3 cm³/mol. The predicted octanol–water partition coefficient (Wildman–Crippen LogP) is 3.41. The highest BCUT2D eigenvalue weighted by atomic mass is 19.4. The molecule has 2 rings (SSSR count). The van der Waals surface area contributed by atoms with Crippen molar-refractivity contribution in [1.82, 2.24) is 9.97 Å². The van der Waals surface area contributed by atoms with E-state index < -0.39 is 11.9 Å². The van der Waals surface area contributed by atoms with Crippen molar-refractivity contribution in [2.75, 3.05) is 23.8 Å². The number of nitrogens with one attached hydrogen (secondary N) is 1. The summed E-state index contributed by atoms with van der Waals surface area (Å²) in [6.07, 6.45) is -3.40. The lowest BCUT2D eigenvalue weighted by Crippen LogP contribution is -2.46. The van der Waals surface area contributed by atoms with Crippen LogP contribution in [0.25, 0.3) is 0 Å². The zero-order valence-corrected chi connectivity index (χ0v) is 12.7. The van der Waals surface area contributed by atoms with Crippen molar-refractivity contribution in [3.8, 4) is 0 Å². The molecule has 3 atom stereocenters. The molecular formula is C14H21F3N4. The van der Waals surface area contributed by atoms with Crippen LogP contribution < -0.4 is 10.2 Å². The van der Waals surface area contributed by atoms with Gasteiger partial charge >= 0.3 is 6.18 Å². The van der Waals surface area contributed by atoms with E-state index in [0.717, 1.165) is 12.5 Å². The summed E-state index contributed by atoms with van der Waals surface area (Å²) in [6, 6.07) is 1.20. The van der Waals surface area contributed by atoms with Crippen molar-refractivity contribution in [3.63, 3.8) is 0 Å². The quantitative estimate of drug-likeness (QED) is 0.909. The Bertz CT molecular complexity index is 503. The van der Waals surface area contributed by atoms with E-state index in [2.05, 4.69) is 29.1 Å². The normalized spacial score (nSPS) is 26.8. The van der Waals surface area contributed by atoms with Crippen LogP contribution in [0.1, 0.15) is 32.9 Å². The van der Waals surface area contributed by atoms with E-state index >= 15 is 0 Å². The van der Waals surface area contributed by atoms with Crippen LogP contribution in [-0.4, -0.2) is 29.6 Å². The topological polar surface area (TPSA) is 41.1 Å². The Hall–Kier alpha value is -1.53. The van der Waals surface area contributed by atoms with Gasteiger partial charge in [-0.05, 0) is 25.2 Å². The van der Waals surface area contributed by atoms with Gasteiger partial charge in [-0.25, -0.2) is 4.98 Å². The van der Waals surface area contributed by atoms with E-state index in [1.54, 1.807) is 0 Å². The average molecular weight is 302 g/mol. The van der Waals surface area contributed by atoms with Gasteiger partial charge < -0.3 is 10.2 Å². The maximum absolute atomic E-state index is 13.0. The highest BCUT2D eigenvalue weighted by molar-refractivity contribution is 5.47. The Balaban J connectivity index is 2.42. The maximum Gasteiger partial charge on any atom is 0.433 e. The summed E-state index contributed by atoms with van der Waals surface area (Å²) >= 11 is 0. The van der Waals surface area contributed by atoms with E-state index in [1.165, 1.54) is 7.05 Å². The minimum atomic E-state index is -4.47. The second-order valence-corrected chi connectivity index (χ2v) is 5.89. The largest absolute Gasteiger partial charge is 0.433 e. The highest BCUT2D eigenvalue weighted by Crippen LogP contribution is 2.34. The van der Waals surface area contributed by atoms with Crippen molar-refractivity contribution < 1.29 is 13.2 Å². The molecule has 118 valence electrons. The van der Waals surface area contributed by atoms with Gasteiger partial charge in [0.25, 0.3) is 0 Å². The summed E-state index contributed by atoms with van der Waals surface area (Å²) in [5, 5.41) is 2.61. The van der Waals surface area contributed by atoms with E-state index in [-0.39, 0.29) is 12.0 Å². The van der Waals surface area contributed by atoms with Crippen LogP contribution in [-0.2, 0) is 6.18 Å². The fourth-order valence-electron chi connectivity index (χ4n) is 2.86. The van der Waals surface area contributed by atoms with Gasteiger partial charge in [0.15, 0.2) is 5.69 Å². The molecule has 1 N–H and O–H groups in total. The molecule has 0 aromatic carbocycles. The molecular weight excluding hydrogens is 281 g/mol. The summed E-state index contributed by atoms with van der Waals surface area (Å²) in [4.78, 5) is 9.67. The van der Waals surface area contributed by atoms with Crippen LogP contribution in [0, 0.1) is 11.8 Å². The lowest BCUT2D eigenvalue weighted by atomic mass is 9.86. The van der Waals surface area contributed by atoms with Crippen LogP contribution >= 0.6 is 0 Å². The number of nitrogens with zero attached hydrogens (tertiary/aromatic N) is 3. The molecule has 0 bridgehead atoms. The molecule has 0 amide bonds. The number of hydrogen-bond donors (Lipinski definition) is 1. The molecule has 1 saturated heterocycles. The first-order valence-electron chi connectivity index (χ1n) is 7.13. The molecule has 1 aromatic rings. The van der Waals surface area contributed by atoms with E-state index in [4.69, 9.17) is 0 Å². The first-order valence-corrected chi connectivity index (χ1v) is 7.13. The fraction of sp³-hybridized carbons (Fsp3) is 0.714. The number of piperidine rings is 1. The van der Waals surface area contributed by atoms with Crippen LogP contribution in [0.15, 0.2) is 6.07 Å². The van der Waals surface area contributed by atoms with Crippen LogP contribution in [0.2, 0.25) is 0 Å². The van der Waals surface area contributed by atoms with Crippen molar-refractivity contribution in [3.05, 3.63) is 11.8 Å². The zero-order valence-electron chi connectivity index (χ0n) is 12.7. The summed E-state index contributed by atoms with van der Waals surface area (Å²) in [5.74, 6) is 1.18. The fourth-order valence-corrected chi connectivity index (χ4v) is 2.86. The van der Waals surface area contributed by atoms with Crippen molar-refractivity contribution in [2.45, 2.75) is 39.4 Å². The van der Waals surface area contributed by atoms with Gasteiger partial charge in [-0.1, -0.05) is 13.8 Å². The molecule has 1 aliphatic rings. The second kappa shape index (κ2) is 5.69. The Morgan fingerprint density at radius 2 is 1.90 bits per heavy atom. The summed E-state index contributed by atoms with van der Waals surface area (Å²) in [5.41, 5.74) is -0.907. The first-order chi connectivity index (χ1) is 9.72. The summed E-state index contributed by atoms with van der Waals surface area (Å²) in [6.45, 7) is 6.98. The van der Waals surface area contributed by atoms with Gasteiger partial charge in [-0.2, -0.15) is 18.2 Å². The third kappa shape index (κ3) is 3.39. The molecule has 1 aromatic heterocycles. The molecule has 1 fully saturated rings. The molecule has 3 unspecified atom stereocenters. The monoisotopic (exact) mass is 302 g/mol. The van der Waals surface area contributed by atoms with E-state index in [0.29, 0.717) is 24.2 Å². The standard InChI is InChI=1S/C14H21F3N4/c1-8-5-9(2)10(3)21(7-8)12-6-11(14(15,16)17)19-13(18-4)20-12/h6,8-10H,5,7H2,1-4H3,(H,18,19,20). The van der Waals surface area contributed by atoms with E-state index in [1.807, 2.05) is 11.8 Å². The first kappa shape index (κ1) is 15.9. The molecule has 21 heavy (non-hydrogen) atoms. The van der Waals surface area contributed by atoms with Gasteiger partial charge in [-0.3, -0.25) is 0 Å². The number of anilines is 2. The number of hydrogen-bond acceptors (Lipinski definition) is 4. The maximum atomic E-state index is 13.0. The zero-order chi connectivity index (χ0) is 15.8. The van der Waals surface area contributed by atoms with Crippen LogP contribution in [0.4, 0.5) is 24.9 Å². The molecule has 0 radical (unpaired) electrons. The smallest absolute Gasteiger partial charge is 0.357 e. The molecule has 0 saturated carbocycles. The van der Waals surface area contributed by atoms with E-state index in [9.17, 15) is 13.2 Å². The Morgan fingerprint density at radius 1 is 1.24 bits per heavy atom. The van der Waals surface area contributed by atoms with Crippen molar-refractivity contribution >= 4 is 11.8 Å². The van der Waals surface area contributed by atoms with Crippen molar-refractivity contribution in [1.29, 1.82) is 0 Å². The lowest BCUT2D eigenvalue weighted by molar-refractivity contribution is -0.141. The second-order valence-electron chi connectivity index (χ2n) is 5.89. The van der Waals surface area contributed by atoms with Gasteiger partial charge in [0, 0.05) is 25.7 Å². The van der Waals surface area contributed by atoms with Gasteiger partial charge in [0.1, 0.15) is 5.82 Å². The minimum absolute atomic E-state index is 0.00194.